The van der Waals surface area contributed by atoms with Gasteiger partial charge in [-0.25, -0.2) is 0 Å². The Balaban J connectivity index is 4.20. The number of carbonyl (C=O) groups is 3. The van der Waals surface area contributed by atoms with E-state index in [-0.39, 0.29) is 31.1 Å². The third-order valence-electron chi connectivity index (χ3n) is 10.1. The zero-order valence-electron chi connectivity index (χ0n) is 36.4. The molecule has 0 fully saturated rings. The van der Waals surface area contributed by atoms with Gasteiger partial charge in [-0.1, -0.05) is 198 Å². The molecule has 0 aromatic rings. The maximum Gasteiger partial charge on any atom is 0.306 e. The highest BCUT2D eigenvalue weighted by Gasteiger charge is 2.19. The molecule has 0 aliphatic heterocycles. The van der Waals surface area contributed by atoms with Crippen molar-refractivity contribution in [3.8, 4) is 0 Å². The van der Waals surface area contributed by atoms with Crippen LogP contribution in [0.2, 0.25) is 0 Å². The van der Waals surface area contributed by atoms with Crippen LogP contribution in [-0.4, -0.2) is 37.2 Å². The maximum absolute atomic E-state index is 12.6. The monoisotopic (exact) mass is 773 g/mol. The number of esters is 3. The molecule has 0 amide bonds. The summed E-state index contributed by atoms with van der Waals surface area (Å²) in [4.78, 5) is 37.5. The molecule has 0 spiro atoms. The van der Waals surface area contributed by atoms with Gasteiger partial charge in [-0.05, 0) is 57.8 Å². The zero-order chi connectivity index (χ0) is 40.1. The molecule has 320 valence electrons. The van der Waals surface area contributed by atoms with E-state index in [1.165, 1.54) is 122 Å². The molecule has 0 aliphatic rings. The molecule has 0 saturated carbocycles. The lowest BCUT2D eigenvalue weighted by Crippen LogP contribution is -2.30. The van der Waals surface area contributed by atoms with Gasteiger partial charge in [0.25, 0.3) is 0 Å². The molecule has 0 radical (unpaired) electrons. The van der Waals surface area contributed by atoms with Gasteiger partial charge in [0.05, 0.1) is 0 Å². The van der Waals surface area contributed by atoms with E-state index in [1.807, 2.05) is 0 Å². The van der Waals surface area contributed by atoms with Crippen LogP contribution < -0.4 is 0 Å². The lowest BCUT2D eigenvalue weighted by molar-refractivity contribution is -0.167. The van der Waals surface area contributed by atoms with Gasteiger partial charge in [0.1, 0.15) is 13.2 Å². The fourth-order valence-corrected chi connectivity index (χ4v) is 6.57. The first-order valence-corrected chi connectivity index (χ1v) is 23.5. The third kappa shape index (κ3) is 42.6. The number of carbonyl (C=O) groups excluding carboxylic acids is 3. The average Bonchev–Trinajstić information content (AvgIpc) is 3.18. The van der Waals surface area contributed by atoms with E-state index in [2.05, 4.69) is 57.2 Å². The lowest BCUT2D eigenvalue weighted by Gasteiger charge is -2.18. The predicted molar refractivity (Wildman–Crippen MR) is 233 cm³/mol. The topological polar surface area (TPSA) is 78.9 Å². The van der Waals surface area contributed by atoms with Crippen LogP contribution in [0.15, 0.2) is 36.5 Å². The first kappa shape index (κ1) is 52.6. The molecular formula is C49H88O6. The van der Waals surface area contributed by atoms with E-state index < -0.39 is 6.10 Å². The Morgan fingerprint density at radius 2 is 0.655 bits per heavy atom. The molecule has 0 N–H and O–H groups in total. The summed E-state index contributed by atoms with van der Waals surface area (Å²) in [5.74, 6) is -0.894. The largest absolute Gasteiger partial charge is 0.462 e. The first-order chi connectivity index (χ1) is 27.0. The Kier molecular flexibility index (Phi) is 42.4. The van der Waals surface area contributed by atoms with Crippen LogP contribution in [0, 0.1) is 0 Å². The molecule has 0 aromatic heterocycles. The van der Waals surface area contributed by atoms with Crippen molar-refractivity contribution in [2.45, 2.75) is 245 Å². The van der Waals surface area contributed by atoms with E-state index >= 15 is 0 Å². The molecule has 0 heterocycles. The van der Waals surface area contributed by atoms with E-state index in [0.29, 0.717) is 19.3 Å². The fraction of sp³-hybridized carbons (Fsp3) is 0.816. The Labute approximate surface area is 340 Å². The van der Waals surface area contributed by atoms with Gasteiger partial charge < -0.3 is 14.2 Å². The van der Waals surface area contributed by atoms with Gasteiger partial charge >= 0.3 is 17.9 Å². The first-order valence-electron chi connectivity index (χ1n) is 23.5. The number of rotatable bonds is 42. The van der Waals surface area contributed by atoms with Gasteiger partial charge in [-0.15, -0.1) is 0 Å². The molecule has 0 aliphatic carbocycles. The highest BCUT2D eigenvalue weighted by Crippen LogP contribution is 2.14. The van der Waals surface area contributed by atoms with Crippen molar-refractivity contribution >= 4 is 17.9 Å². The molecule has 1 unspecified atom stereocenters. The van der Waals surface area contributed by atoms with Gasteiger partial charge in [-0.2, -0.15) is 0 Å². The number of unbranched alkanes of at least 4 members (excludes halogenated alkanes) is 25. The van der Waals surface area contributed by atoms with Crippen LogP contribution in [-0.2, 0) is 28.6 Å². The number of hydrogen-bond donors (Lipinski definition) is 0. The quantitative estimate of drug-likeness (QED) is 0.0266. The van der Waals surface area contributed by atoms with E-state index in [0.717, 1.165) is 77.0 Å². The van der Waals surface area contributed by atoms with Crippen molar-refractivity contribution in [1.29, 1.82) is 0 Å². The summed E-state index contributed by atoms with van der Waals surface area (Å²) in [6, 6.07) is 0. The molecule has 0 bridgehead atoms. The normalized spacial score (nSPS) is 12.3. The van der Waals surface area contributed by atoms with Crippen molar-refractivity contribution in [1.82, 2.24) is 0 Å². The Morgan fingerprint density at radius 3 is 1.02 bits per heavy atom. The second-order valence-corrected chi connectivity index (χ2v) is 15.7. The van der Waals surface area contributed by atoms with Crippen molar-refractivity contribution < 1.29 is 28.6 Å². The SMILES string of the molecule is CCCCCCC/C=C\C/C=C\C/C=C\CCCCCCCCC(=O)OCC(COC(=O)CCCCCCCCCC)OC(=O)CCCCCCCCCC. The van der Waals surface area contributed by atoms with E-state index in [1.54, 1.807) is 0 Å². The number of ether oxygens (including phenoxy) is 3. The molecule has 0 saturated heterocycles. The van der Waals surface area contributed by atoms with Crippen LogP contribution in [0.3, 0.4) is 0 Å². The van der Waals surface area contributed by atoms with Gasteiger partial charge in [0.15, 0.2) is 6.10 Å². The Bertz CT molecular complexity index is 938. The highest BCUT2D eigenvalue weighted by molar-refractivity contribution is 5.71. The molecule has 55 heavy (non-hydrogen) atoms. The highest BCUT2D eigenvalue weighted by atomic mass is 16.6. The minimum Gasteiger partial charge on any atom is -0.462 e. The molecule has 6 heteroatoms. The van der Waals surface area contributed by atoms with Crippen LogP contribution in [0.25, 0.3) is 0 Å². The summed E-state index contributed by atoms with van der Waals surface area (Å²) in [5, 5.41) is 0. The second-order valence-electron chi connectivity index (χ2n) is 15.7. The van der Waals surface area contributed by atoms with Crippen molar-refractivity contribution in [2.75, 3.05) is 13.2 Å². The van der Waals surface area contributed by atoms with Crippen molar-refractivity contribution in [3.63, 3.8) is 0 Å². The van der Waals surface area contributed by atoms with E-state index in [4.69, 9.17) is 14.2 Å². The molecule has 6 nitrogen and oxygen atoms in total. The number of allylic oxidation sites excluding steroid dienone is 6. The lowest BCUT2D eigenvalue weighted by atomic mass is 10.1. The van der Waals surface area contributed by atoms with Gasteiger partial charge in [0, 0.05) is 19.3 Å². The summed E-state index contributed by atoms with van der Waals surface area (Å²) in [5.41, 5.74) is 0. The summed E-state index contributed by atoms with van der Waals surface area (Å²) in [7, 11) is 0. The second kappa shape index (κ2) is 44.3. The summed E-state index contributed by atoms with van der Waals surface area (Å²) in [6.07, 6.45) is 50.0. The van der Waals surface area contributed by atoms with E-state index in [9.17, 15) is 14.4 Å². The Hall–Kier alpha value is -2.37. The van der Waals surface area contributed by atoms with Crippen LogP contribution >= 0.6 is 0 Å². The summed E-state index contributed by atoms with van der Waals surface area (Å²) < 4.78 is 16.6. The minimum absolute atomic E-state index is 0.0743. The number of hydrogen-bond acceptors (Lipinski definition) is 6. The standard InChI is InChI=1S/C49H88O6/c1-4-7-10-13-16-19-20-21-22-23-24-25-26-27-28-29-30-31-34-36-39-42-48(51)54-45-46(55-49(52)43-40-37-33-18-15-12-9-6-3)44-53-47(50)41-38-35-32-17-14-11-8-5-2/h20-21,23-24,26-27,46H,4-19,22,25,28-45H2,1-3H3/b21-20-,24-23-,27-26-. The molecular weight excluding hydrogens is 685 g/mol. The Morgan fingerprint density at radius 1 is 0.364 bits per heavy atom. The summed E-state index contributed by atoms with van der Waals surface area (Å²) >= 11 is 0. The van der Waals surface area contributed by atoms with Crippen molar-refractivity contribution in [3.05, 3.63) is 36.5 Å². The third-order valence-corrected chi connectivity index (χ3v) is 10.1. The molecule has 1 atom stereocenters. The molecule has 0 rings (SSSR count). The van der Waals surface area contributed by atoms with Gasteiger partial charge in [-0.3, -0.25) is 14.4 Å². The van der Waals surface area contributed by atoms with Crippen LogP contribution in [0.5, 0.6) is 0 Å². The maximum atomic E-state index is 12.6. The molecule has 0 aromatic carbocycles. The van der Waals surface area contributed by atoms with Crippen molar-refractivity contribution in [2.24, 2.45) is 0 Å². The predicted octanol–water partition coefficient (Wildman–Crippen LogP) is 15.0. The van der Waals surface area contributed by atoms with Crippen LogP contribution in [0.4, 0.5) is 0 Å². The smallest absolute Gasteiger partial charge is 0.306 e. The average molecular weight is 773 g/mol. The van der Waals surface area contributed by atoms with Crippen LogP contribution in [0.1, 0.15) is 239 Å². The zero-order valence-corrected chi connectivity index (χ0v) is 36.4. The van der Waals surface area contributed by atoms with Gasteiger partial charge in [0.2, 0.25) is 0 Å². The fourth-order valence-electron chi connectivity index (χ4n) is 6.57. The minimum atomic E-state index is -0.769. The summed E-state index contributed by atoms with van der Waals surface area (Å²) in [6.45, 7) is 6.55.